The van der Waals surface area contributed by atoms with Gasteiger partial charge in [0.1, 0.15) is 11.3 Å². The Morgan fingerprint density at radius 3 is 2.26 bits per heavy atom. The fourth-order valence-electron chi connectivity index (χ4n) is 2.31. The normalized spacial score (nSPS) is 10.9. The lowest BCUT2D eigenvalue weighted by Gasteiger charge is -2.12. The highest BCUT2D eigenvalue weighted by atomic mass is 35.5. The molecule has 3 aromatic rings. The van der Waals surface area contributed by atoms with Gasteiger partial charge < -0.3 is 10.2 Å². The zero-order valence-corrected chi connectivity index (χ0v) is 13.6. The Balaban J connectivity index is 2.42. The van der Waals surface area contributed by atoms with E-state index in [1.807, 2.05) is 0 Å². The van der Waals surface area contributed by atoms with Crippen LogP contribution >= 0.6 is 34.8 Å². The number of rotatable bonds is 2. The summed E-state index contributed by atoms with van der Waals surface area (Å²) in [7, 11) is 0. The smallest absolute Gasteiger partial charge is 0.340 e. The van der Waals surface area contributed by atoms with Crippen molar-refractivity contribution in [2.75, 3.05) is 0 Å². The van der Waals surface area contributed by atoms with Crippen molar-refractivity contribution in [2.45, 2.75) is 0 Å². The van der Waals surface area contributed by atoms with E-state index < -0.39 is 11.7 Å². The van der Waals surface area contributed by atoms with Crippen molar-refractivity contribution in [1.82, 2.24) is 4.98 Å². The molecule has 1 heterocycles. The van der Waals surface area contributed by atoms with Gasteiger partial charge in [0.2, 0.25) is 0 Å². The lowest BCUT2D eigenvalue weighted by Crippen LogP contribution is -2.02. The molecule has 0 unspecified atom stereocenters. The Morgan fingerprint density at radius 1 is 1.00 bits per heavy atom. The van der Waals surface area contributed by atoms with Crippen LogP contribution < -0.4 is 0 Å². The molecule has 0 fully saturated rings. The monoisotopic (exact) mass is 367 g/mol. The minimum Gasteiger partial charge on any atom is -0.505 e. The number of aromatic carboxylic acids is 1. The molecule has 4 nitrogen and oxygen atoms in total. The molecule has 1 aromatic heterocycles. The van der Waals surface area contributed by atoms with Gasteiger partial charge in [-0.15, -0.1) is 0 Å². The molecular weight excluding hydrogens is 361 g/mol. The van der Waals surface area contributed by atoms with Crippen molar-refractivity contribution in [3.8, 4) is 17.0 Å². The first-order chi connectivity index (χ1) is 10.9. The predicted octanol–water partition coefficient (Wildman–Crippen LogP) is 5.27. The van der Waals surface area contributed by atoms with Crippen LogP contribution in [0.2, 0.25) is 15.1 Å². The van der Waals surface area contributed by atoms with Crippen molar-refractivity contribution >= 4 is 51.7 Å². The van der Waals surface area contributed by atoms with E-state index in [1.54, 1.807) is 24.3 Å². The number of aromatic nitrogens is 1. The lowest BCUT2D eigenvalue weighted by molar-refractivity contribution is 0.0696. The van der Waals surface area contributed by atoms with Crippen LogP contribution in [0.5, 0.6) is 5.75 Å². The Kier molecular flexibility index (Phi) is 4.06. The number of pyridine rings is 1. The number of fused-ring (bicyclic) bond motifs is 1. The van der Waals surface area contributed by atoms with Crippen molar-refractivity contribution in [3.63, 3.8) is 0 Å². The molecule has 0 aliphatic heterocycles. The minimum absolute atomic E-state index is 0.107. The van der Waals surface area contributed by atoms with Crippen LogP contribution in [-0.2, 0) is 0 Å². The predicted molar refractivity (Wildman–Crippen MR) is 90.8 cm³/mol. The summed E-state index contributed by atoms with van der Waals surface area (Å²) < 4.78 is 0. The standard InChI is InChI=1S/C16H8Cl3NO3/c17-8-3-1-7(2-4-8)13-15(21)12(16(22)23)10-5-9(18)6-11(19)14(10)20-13/h1-6,21H,(H,22,23). The summed E-state index contributed by atoms with van der Waals surface area (Å²) >= 11 is 17.9. The molecule has 0 bridgehead atoms. The van der Waals surface area contributed by atoms with Gasteiger partial charge in [0.05, 0.1) is 10.5 Å². The lowest BCUT2D eigenvalue weighted by atomic mass is 10.0. The molecule has 23 heavy (non-hydrogen) atoms. The number of carbonyl (C=O) groups is 1. The van der Waals surface area contributed by atoms with Gasteiger partial charge in [0.25, 0.3) is 0 Å². The summed E-state index contributed by atoms with van der Waals surface area (Å²) in [5, 5.41) is 21.0. The molecule has 7 heteroatoms. The van der Waals surface area contributed by atoms with Gasteiger partial charge in [-0.3, -0.25) is 0 Å². The Labute approximate surface area is 145 Å². The zero-order chi connectivity index (χ0) is 16.7. The van der Waals surface area contributed by atoms with Crippen molar-refractivity contribution in [2.24, 2.45) is 0 Å². The third-order valence-corrected chi connectivity index (χ3v) is 4.07. The summed E-state index contributed by atoms with van der Waals surface area (Å²) in [6.07, 6.45) is 0. The number of benzene rings is 2. The molecule has 0 aliphatic carbocycles. The fraction of sp³-hybridized carbons (Fsp3) is 0. The largest absolute Gasteiger partial charge is 0.505 e. The number of hydrogen-bond donors (Lipinski definition) is 2. The molecule has 0 amide bonds. The van der Waals surface area contributed by atoms with E-state index >= 15 is 0 Å². The number of nitrogens with zero attached hydrogens (tertiary/aromatic N) is 1. The highest BCUT2D eigenvalue weighted by Gasteiger charge is 2.22. The van der Waals surface area contributed by atoms with E-state index in [2.05, 4.69) is 4.98 Å². The number of aromatic hydroxyl groups is 1. The molecule has 0 saturated carbocycles. The van der Waals surface area contributed by atoms with Gasteiger partial charge in [0.15, 0.2) is 5.75 Å². The van der Waals surface area contributed by atoms with Gasteiger partial charge >= 0.3 is 5.97 Å². The fourth-order valence-corrected chi connectivity index (χ4v) is 2.97. The molecular formula is C16H8Cl3NO3. The van der Waals surface area contributed by atoms with E-state index in [1.165, 1.54) is 12.1 Å². The van der Waals surface area contributed by atoms with Crippen LogP contribution in [0.4, 0.5) is 0 Å². The van der Waals surface area contributed by atoms with Crippen LogP contribution in [0.15, 0.2) is 36.4 Å². The average molecular weight is 369 g/mol. The molecule has 0 saturated heterocycles. The molecule has 0 aliphatic rings. The number of halogens is 3. The van der Waals surface area contributed by atoms with Crippen LogP contribution in [0.3, 0.4) is 0 Å². The molecule has 0 radical (unpaired) electrons. The average Bonchev–Trinajstić information content (AvgIpc) is 2.47. The number of carboxylic acids is 1. The quantitative estimate of drug-likeness (QED) is 0.647. The van der Waals surface area contributed by atoms with Crippen LogP contribution in [0, 0.1) is 0 Å². The Morgan fingerprint density at radius 2 is 1.65 bits per heavy atom. The minimum atomic E-state index is -1.30. The molecule has 2 aromatic carbocycles. The molecule has 0 spiro atoms. The van der Waals surface area contributed by atoms with Gasteiger partial charge in [-0.25, -0.2) is 9.78 Å². The second-order valence-corrected chi connectivity index (χ2v) is 6.06. The maximum Gasteiger partial charge on any atom is 0.340 e. The first-order valence-corrected chi connectivity index (χ1v) is 7.53. The first-order valence-electron chi connectivity index (χ1n) is 6.39. The number of hydrogen-bond acceptors (Lipinski definition) is 3. The van der Waals surface area contributed by atoms with Crippen molar-refractivity contribution in [3.05, 3.63) is 57.0 Å². The van der Waals surface area contributed by atoms with E-state index in [0.29, 0.717) is 10.6 Å². The highest BCUT2D eigenvalue weighted by Crippen LogP contribution is 2.39. The van der Waals surface area contributed by atoms with Gasteiger partial charge in [-0.05, 0) is 24.3 Å². The van der Waals surface area contributed by atoms with Gasteiger partial charge in [0, 0.05) is 21.0 Å². The van der Waals surface area contributed by atoms with Crippen LogP contribution in [0.25, 0.3) is 22.2 Å². The maximum absolute atomic E-state index is 11.6. The second kappa shape index (κ2) is 5.89. The first kappa shape index (κ1) is 15.9. The summed E-state index contributed by atoms with van der Waals surface area (Å²) in [5.74, 6) is -1.76. The molecule has 116 valence electrons. The molecule has 0 atom stereocenters. The third-order valence-electron chi connectivity index (χ3n) is 3.31. The summed E-state index contributed by atoms with van der Waals surface area (Å²) in [5.41, 5.74) is 0.568. The third kappa shape index (κ3) is 2.81. The highest BCUT2D eigenvalue weighted by molar-refractivity contribution is 6.39. The van der Waals surface area contributed by atoms with E-state index in [9.17, 15) is 15.0 Å². The van der Waals surface area contributed by atoms with Crippen molar-refractivity contribution < 1.29 is 15.0 Å². The molecule has 2 N–H and O–H groups in total. The van der Waals surface area contributed by atoms with E-state index in [-0.39, 0.29) is 32.2 Å². The summed E-state index contributed by atoms with van der Waals surface area (Å²) in [4.78, 5) is 15.9. The maximum atomic E-state index is 11.6. The Hall–Kier alpha value is -2.01. The van der Waals surface area contributed by atoms with E-state index in [0.717, 1.165) is 0 Å². The topological polar surface area (TPSA) is 70.4 Å². The summed E-state index contributed by atoms with van der Waals surface area (Å²) in [6, 6.07) is 9.37. The zero-order valence-electron chi connectivity index (χ0n) is 11.3. The number of carboxylic acid groups (broad SMARTS) is 1. The van der Waals surface area contributed by atoms with Gasteiger partial charge in [-0.2, -0.15) is 0 Å². The second-order valence-electron chi connectivity index (χ2n) is 4.78. The Bertz CT molecular complexity index is 940. The van der Waals surface area contributed by atoms with Gasteiger partial charge in [-0.1, -0.05) is 46.9 Å². The van der Waals surface area contributed by atoms with E-state index in [4.69, 9.17) is 34.8 Å². The summed E-state index contributed by atoms with van der Waals surface area (Å²) in [6.45, 7) is 0. The molecule has 3 rings (SSSR count). The van der Waals surface area contributed by atoms with Crippen LogP contribution in [-0.4, -0.2) is 21.2 Å². The SMILES string of the molecule is O=C(O)c1c(O)c(-c2ccc(Cl)cc2)nc2c(Cl)cc(Cl)cc12. The van der Waals surface area contributed by atoms with Crippen LogP contribution in [0.1, 0.15) is 10.4 Å². The van der Waals surface area contributed by atoms with Crippen molar-refractivity contribution in [1.29, 1.82) is 0 Å².